The number of aliphatic hydroxyl groups excluding tert-OH is 1. The Balaban J connectivity index is 1.30. The third-order valence-corrected chi connectivity index (χ3v) is 7.26. The van der Waals surface area contributed by atoms with E-state index < -0.39 is 42.0 Å². The van der Waals surface area contributed by atoms with E-state index in [1.807, 2.05) is 12.1 Å². The number of carbonyl (C=O) groups excluding carboxylic acids is 3. The molecule has 1 aliphatic heterocycles. The van der Waals surface area contributed by atoms with Gasteiger partial charge in [0.05, 0.1) is 12.1 Å². The average molecular weight is 647 g/mol. The second-order valence-corrected chi connectivity index (χ2v) is 11.0. The number of thiazole rings is 1. The standard InChI is InChI=1S/C26H30N8O8S2/c1-26(2)21(24(38)34(26)42-44-39)32-23(37)20(18-13-43-25(28)30-18)33-41-10-9-40-16-6-3-14(4-7-16)15-5-8-19(29-11-15)31-22(36)17(27)12-35/h3-8,11,13,17,21,35,39H,9-10,12,27H2,1-2H3,(H2,28,30)(H,32,37)(H,29,31,36)/b33-20-. The molecule has 1 fully saturated rings. The zero-order valence-corrected chi connectivity index (χ0v) is 25.1. The van der Waals surface area contributed by atoms with Crippen LogP contribution >= 0.6 is 23.7 Å². The van der Waals surface area contributed by atoms with Crippen LogP contribution in [0.15, 0.2) is 53.1 Å². The lowest BCUT2D eigenvalue weighted by molar-refractivity contribution is -0.214. The molecule has 0 bridgehead atoms. The van der Waals surface area contributed by atoms with Gasteiger partial charge in [-0.05, 0) is 43.7 Å². The normalized spacial score (nSPS) is 16.6. The number of pyridine rings is 1. The number of benzene rings is 1. The summed E-state index contributed by atoms with van der Waals surface area (Å²) >= 11 is 1.13. The number of rotatable bonds is 14. The average Bonchev–Trinajstić information content (AvgIpc) is 3.45. The Kier molecular flexibility index (Phi) is 10.7. The third-order valence-electron chi connectivity index (χ3n) is 6.37. The van der Waals surface area contributed by atoms with Crippen molar-refractivity contribution in [2.45, 2.75) is 31.5 Å². The van der Waals surface area contributed by atoms with Gasteiger partial charge in [0.25, 0.3) is 11.8 Å². The first-order chi connectivity index (χ1) is 21.0. The molecule has 8 N–H and O–H groups in total. The van der Waals surface area contributed by atoms with Crippen LogP contribution in [-0.2, 0) is 23.5 Å². The summed E-state index contributed by atoms with van der Waals surface area (Å²) in [6, 6.07) is 8.59. The summed E-state index contributed by atoms with van der Waals surface area (Å²) in [4.78, 5) is 50.9. The number of oxime groups is 1. The maximum Gasteiger partial charge on any atom is 0.276 e. The summed E-state index contributed by atoms with van der Waals surface area (Å²) in [6.45, 7) is 2.92. The van der Waals surface area contributed by atoms with Crippen molar-refractivity contribution in [3.63, 3.8) is 0 Å². The molecule has 0 spiro atoms. The van der Waals surface area contributed by atoms with Gasteiger partial charge in [0, 0.05) is 17.1 Å². The number of hydroxylamine groups is 2. The van der Waals surface area contributed by atoms with Crippen LogP contribution in [0.4, 0.5) is 10.9 Å². The Labute approximate surface area is 259 Å². The molecule has 16 nitrogen and oxygen atoms in total. The number of aromatic nitrogens is 2. The van der Waals surface area contributed by atoms with Gasteiger partial charge < -0.3 is 41.3 Å². The second kappa shape index (κ2) is 14.4. The van der Waals surface area contributed by atoms with Crippen LogP contribution in [0, 0.1) is 0 Å². The SMILES string of the molecule is CC1(C)C(NC(=O)/C(=N\OCCOc2ccc(-c3ccc(NC(=O)C(N)CO)nc3)cc2)c2csc(N)n2)C(=O)N1OSO. The number of nitrogens with two attached hydrogens (primary N) is 2. The zero-order valence-electron chi connectivity index (χ0n) is 23.5. The molecule has 4 rings (SSSR count). The van der Waals surface area contributed by atoms with Gasteiger partial charge in [-0.1, -0.05) is 17.3 Å². The van der Waals surface area contributed by atoms with E-state index in [1.54, 1.807) is 44.3 Å². The predicted octanol–water partition coefficient (Wildman–Crippen LogP) is 1.00. The minimum Gasteiger partial charge on any atom is -0.490 e. The van der Waals surface area contributed by atoms with Crippen LogP contribution in [0.5, 0.6) is 5.75 Å². The van der Waals surface area contributed by atoms with E-state index in [4.69, 9.17) is 35.0 Å². The van der Waals surface area contributed by atoms with Crippen LogP contribution in [0.2, 0.25) is 0 Å². The number of hydrogen-bond acceptors (Lipinski definition) is 15. The first kappa shape index (κ1) is 32.6. The number of nitrogens with zero attached hydrogens (tertiary/aromatic N) is 4. The van der Waals surface area contributed by atoms with Gasteiger partial charge in [-0.2, -0.15) is 9.35 Å². The Bertz CT molecular complexity index is 1500. The molecule has 0 aliphatic carbocycles. The quantitative estimate of drug-likeness (QED) is 0.0472. The zero-order chi connectivity index (χ0) is 31.9. The molecule has 2 unspecified atom stereocenters. The van der Waals surface area contributed by atoms with Gasteiger partial charge in [-0.15, -0.1) is 11.3 Å². The number of amides is 3. The molecule has 3 amide bonds. The molecule has 3 heterocycles. The monoisotopic (exact) mass is 646 g/mol. The topological polar surface area (TPSA) is 237 Å². The molecule has 44 heavy (non-hydrogen) atoms. The molecule has 1 aliphatic rings. The number of aliphatic hydroxyl groups is 1. The molecule has 234 valence electrons. The van der Waals surface area contributed by atoms with Crippen molar-refractivity contribution in [2.24, 2.45) is 10.9 Å². The maximum atomic E-state index is 13.1. The van der Waals surface area contributed by atoms with Gasteiger partial charge in [0.1, 0.15) is 36.0 Å². The van der Waals surface area contributed by atoms with Gasteiger partial charge in [0.2, 0.25) is 5.91 Å². The number of β-lactam (4-membered cyclic amide) rings is 1. The number of carbonyl (C=O) groups is 3. The van der Waals surface area contributed by atoms with Crippen molar-refractivity contribution in [3.05, 3.63) is 53.7 Å². The molecular weight excluding hydrogens is 616 g/mol. The van der Waals surface area contributed by atoms with E-state index in [9.17, 15) is 14.4 Å². The highest BCUT2D eigenvalue weighted by atomic mass is 32.2. The largest absolute Gasteiger partial charge is 0.490 e. The number of hydrogen-bond donors (Lipinski definition) is 6. The number of anilines is 2. The highest BCUT2D eigenvalue weighted by Gasteiger charge is 2.57. The third kappa shape index (κ3) is 7.59. The fourth-order valence-corrected chi connectivity index (χ4v) is 4.83. The summed E-state index contributed by atoms with van der Waals surface area (Å²) in [5.74, 6) is -0.939. The molecule has 2 aromatic heterocycles. The van der Waals surface area contributed by atoms with Crippen LogP contribution in [0.25, 0.3) is 11.1 Å². The minimum atomic E-state index is -1.03. The van der Waals surface area contributed by atoms with Gasteiger partial charge in [-0.3, -0.25) is 14.4 Å². The fraction of sp³-hybridized carbons (Fsp3) is 0.308. The van der Waals surface area contributed by atoms with E-state index in [0.29, 0.717) is 11.6 Å². The van der Waals surface area contributed by atoms with Crippen LogP contribution in [0.3, 0.4) is 0 Å². The van der Waals surface area contributed by atoms with Crippen LogP contribution in [-0.4, -0.2) is 85.6 Å². The lowest BCUT2D eigenvalue weighted by Crippen LogP contribution is -2.76. The lowest BCUT2D eigenvalue weighted by Gasteiger charge is -2.50. The minimum absolute atomic E-state index is 0.0155. The molecule has 0 radical (unpaired) electrons. The molecular formula is C26H30N8O8S2. The van der Waals surface area contributed by atoms with E-state index in [0.717, 1.165) is 27.5 Å². The van der Waals surface area contributed by atoms with Crippen molar-refractivity contribution in [3.8, 4) is 16.9 Å². The predicted molar refractivity (Wildman–Crippen MR) is 162 cm³/mol. The van der Waals surface area contributed by atoms with Gasteiger partial charge in [0.15, 0.2) is 29.8 Å². The summed E-state index contributed by atoms with van der Waals surface area (Å²) in [5, 5.41) is 20.7. The van der Waals surface area contributed by atoms with Crippen molar-refractivity contribution < 1.29 is 37.9 Å². The van der Waals surface area contributed by atoms with E-state index in [1.165, 1.54) is 5.38 Å². The van der Waals surface area contributed by atoms with Gasteiger partial charge >= 0.3 is 0 Å². The number of nitrogens with one attached hydrogen (secondary N) is 2. The van der Waals surface area contributed by atoms with Crippen LogP contribution < -0.4 is 26.8 Å². The van der Waals surface area contributed by atoms with Crippen molar-refractivity contribution in [2.75, 3.05) is 30.9 Å². The second-order valence-electron chi connectivity index (χ2n) is 9.77. The smallest absolute Gasteiger partial charge is 0.276 e. The van der Waals surface area contributed by atoms with E-state index in [-0.39, 0.29) is 42.1 Å². The Morgan fingerprint density at radius 1 is 1.20 bits per heavy atom. The van der Waals surface area contributed by atoms with Gasteiger partial charge in [-0.25, -0.2) is 9.97 Å². The summed E-state index contributed by atoms with van der Waals surface area (Å²) in [5.41, 5.74) is 11.9. The van der Waals surface area contributed by atoms with E-state index in [2.05, 4.69) is 25.8 Å². The fourth-order valence-electron chi connectivity index (χ4n) is 3.95. The molecule has 0 saturated carbocycles. The molecule has 1 aromatic carbocycles. The maximum absolute atomic E-state index is 13.1. The molecule has 1 saturated heterocycles. The van der Waals surface area contributed by atoms with Crippen LogP contribution in [0.1, 0.15) is 19.5 Å². The summed E-state index contributed by atoms with van der Waals surface area (Å²) < 4.78 is 19.4. The molecule has 2 atom stereocenters. The van der Waals surface area contributed by atoms with E-state index >= 15 is 0 Å². The highest BCUT2D eigenvalue weighted by Crippen LogP contribution is 2.33. The molecule has 3 aromatic rings. The van der Waals surface area contributed by atoms with Crippen molar-refractivity contribution >= 4 is 58.0 Å². The summed E-state index contributed by atoms with van der Waals surface area (Å²) in [7, 11) is 0. The van der Waals surface area contributed by atoms with Crippen molar-refractivity contribution in [1.82, 2.24) is 20.3 Å². The Morgan fingerprint density at radius 2 is 1.93 bits per heavy atom. The molecule has 18 heteroatoms. The Morgan fingerprint density at radius 3 is 2.52 bits per heavy atom. The first-order valence-electron chi connectivity index (χ1n) is 13.0. The lowest BCUT2D eigenvalue weighted by atomic mass is 9.84. The summed E-state index contributed by atoms with van der Waals surface area (Å²) in [6.07, 6.45) is 1.59. The van der Waals surface area contributed by atoms with Crippen molar-refractivity contribution in [1.29, 1.82) is 0 Å². The Hall–Kier alpha value is -4.33. The number of nitrogen functional groups attached to an aromatic ring is 1. The highest BCUT2D eigenvalue weighted by molar-refractivity contribution is 7.88. The first-order valence-corrected chi connectivity index (χ1v) is 14.5. The number of ether oxygens (including phenoxy) is 1.